The van der Waals surface area contributed by atoms with Crippen molar-refractivity contribution in [2.24, 2.45) is 5.73 Å². The quantitative estimate of drug-likeness (QED) is 0.650. The number of hydrogen-bond donors (Lipinski definition) is 2. The van der Waals surface area contributed by atoms with Crippen LogP contribution in [0, 0.1) is 11.3 Å². The molecule has 0 radical (unpaired) electrons. The largest absolute Gasteiger partial charge is 0.370 e. The van der Waals surface area contributed by atoms with E-state index in [-0.39, 0.29) is 6.61 Å². The van der Waals surface area contributed by atoms with Crippen LogP contribution in [0.2, 0.25) is 0 Å². The van der Waals surface area contributed by atoms with Gasteiger partial charge in [-0.3, -0.25) is 4.79 Å². The summed E-state index contributed by atoms with van der Waals surface area (Å²) in [6, 6.07) is 5.26. The van der Waals surface area contributed by atoms with Gasteiger partial charge in [-0.1, -0.05) is 0 Å². The van der Waals surface area contributed by atoms with Crippen LogP contribution < -0.4 is 11.1 Å². The van der Waals surface area contributed by atoms with E-state index < -0.39 is 5.91 Å². The van der Waals surface area contributed by atoms with Crippen molar-refractivity contribution in [3.8, 4) is 6.07 Å². The predicted octanol–water partition coefficient (Wildman–Crippen LogP) is -0.133. The average Bonchev–Trinajstić information content (AvgIpc) is 2.28. The van der Waals surface area contributed by atoms with Gasteiger partial charge in [0.05, 0.1) is 18.2 Å². The van der Waals surface area contributed by atoms with Crippen LogP contribution in [0.5, 0.6) is 0 Å². The van der Waals surface area contributed by atoms with E-state index in [4.69, 9.17) is 15.7 Å². The lowest BCUT2D eigenvalue weighted by atomic mass is 10.3. The maximum Gasteiger partial charge on any atom is 0.243 e. The van der Waals surface area contributed by atoms with Crippen LogP contribution in [0.4, 0.5) is 5.82 Å². The van der Waals surface area contributed by atoms with Crippen LogP contribution in [0.1, 0.15) is 5.56 Å². The van der Waals surface area contributed by atoms with E-state index in [1.54, 1.807) is 18.3 Å². The second-order valence-electron chi connectivity index (χ2n) is 2.99. The van der Waals surface area contributed by atoms with E-state index in [0.29, 0.717) is 24.5 Å². The Balaban J connectivity index is 2.27. The smallest absolute Gasteiger partial charge is 0.243 e. The monoisotopic (exact) mass is 220 g/mol. The zero-order valence-electron chi connectivity index (χ0n) is 8.64. The molecule has 1 aromatic rings. The fourth-order valence-electron chi connectivity index (χ4n) is 1.02. The number of rotatable bonds is 6. The number of primary amides is 1. The third-order valence-electron chi connectivity index (χ3n) is 1.69. The van der Waals surface area contributed by atoms with Crippen molar-refractivity contribution in [1.29, 1.82) is 5.26 Å². The Labute approximate surface area is 93.0 Å². The molecule has 0 spiro atoms. The van der Waals surface area contributed by atoms with Gasteiger partial charge in [-0.25, -0.2) is 4.98 Å². The molecule has 0 bridgehead atoms. The van der Waals surface area contributed by atoms with Gasteiger partial charge in [0.2, 0.25) is 5.91 Å². The lowest BCUT2D eigenvalue weighted by Gasteiger charge is -2.05. The number of carbonyl (C=O) groups is 1. The second-order valence-corrected chi connectivity index (χ2v) is 2.99. The standard InChI is InChI=1S/C10H12N4O2/c11-6-8-1-2-13-10(5-8)14-3-4-16-7-9(12)15/h1-2,5H,3-4,7H2,(H2,12,15)(H,13,14). The number of anilines is 1. The van der Waals surface area contributed by atoms with Crippen molar-refractivity contribution < 1.29 is 9.53 Å². The van der Waals surface area contributed by atoms with E-state index in [1.807, 2.05) is 6.07 Å². The molecule has 84 valence electrons. The van der Waals surface area contributed by atoms with Gasteiger partial charge in [-0.05, 0) is 12.1 Å². The molecule has 3 N–H and O–H groups in total. The Bertz CT molecular complexity index is 400. The number of nitrogens with one attached hydrogen (secondary N) is 1. The van der Waals surface area contributed by atoms with E-state index in [9.17, 15) is 4.79 Å². The Morgan fingerprint density at radius 2 is 2.50 bits per heavy atom. The number of nitrogens with two attached hydrogens (primary N) is 1. The fraction of sp³-hybridized carbons (Fsp3) is 0.300. The molecule has 6 heteroatoms. The average molecular weight is 220 g/mol. The highest BCUT2D eigenvalue weighted by Crippen LogP contribution is 2.04. The number of amides is 1. The molecule has 0 saturated heterocycles. The highest BCUT2D eigenvalue weighted by Gasteiger charge is 1.96. The summed E-state index contributed by atoms with van der Waals surface area (Å²) in [7, 11) is 0. The van der Waals surface area contributed by atoms with Crippen LogP contribution in [-0.2, 0) is 9.53 Å². The van der Waals surface area contributed by atoms with Gasteiger partial charge < -0.3 is 15.8 Å². The SMILES string of the molecule is N#Cc1ccnc(NCCOCC(N)=O)c1. The van der Waals surface area contributed by atoms with Crippen molar-refractivity contribution in [3.05, 3.63) is 23.9 Å². The summed E-state index contributed by atoms with van der Waals surface area (Å²) in [5, 5.41) is 11.6. The van der Waals surface area contributed by atoms with Crippen LogP contribution in [0.15, 0.2) is 18.3 Å². The molecule has 16 heavy (non-hydrogen) atoms. The Hall–Kier alpha value is -2.13. The molecule has 0 aliphatic heterocycles. The third-order valence-corrected chi connectivity index (χ3v) is 1.69. The van der Waals surface area contributed by atoms with E-state index >= 15 is 0 Å². The Morgan fingerprint density at radius 1 is 1.69 bits per heavy atom. The maximum atomic E-state index is 10.3. The first-order valence-electron chi connectivity index (χ1n) is 4.68. The lowest BCUT2D eigenvalue weighted by molar-refractivity contribution is -0.122. The molecule has 6 nitrogen and oxygen atoms in total. The van der Waals surface area contributed by atoms with Gasteiger partial charge in [0, 0.05) is 12.7 Å². The molecule has 0 fully saturated rings. The van der Waals surface area contributed by atoms with Crippen LogP contribution in [-0.4, -0.2) is 30.6 Å². The van der Waals surface area contributed by atoms with Crippen molar-refractivity contribution in [1.82, 2.24) is 4.98 Å². The molecular weight excluding hydrogens is 208 g/mol. The third kappa shape index (κ3) is 4.39. The number of hydrogen-bond acceptors (Lipinski definition) is 5. The normalized spacial score (nSPS) is 9.44. The van der Waals surface area contributed by atoms with Gasteiger partial charge in [0.1, 0.15) is 12.4 Å². The number of aromatic nitrogens is 1. The van der Waals surface area contributed by atoms with Crippen LogP contribution >= 0.6 is 0 Å². The highest BCUT2D eigenvalue weighted by atomic mass is 16.5. The number of nitriles is 1. The summed E-state index contributed by atoms with van der Waals surface area (Å²) in [4.78, 5) is 14.4. The number of ether oxygens (including phenoxy) is 1. The van der Waals surface area contributed by atoms with Crippen molar-refractivity contribution in [3.63, 3.8) is 0 Å². The number of pyridine rings is 1. The van der Waals surface area contributed by atoms with Crippen molar-refractivity contribution in [2.45, 2.75) is 0 Å². The summed E-state index contributed by atoms with van der Waals surface area (Å²) in [6.07, 6.45) is 1.55. The maximum absolute atomic E-state index is 10.3. The molecule has 1 amide bonds. The zero-order valence-corrected chi connectivity index (χ0v) is 8.64. The molecule has 0 saturated carbocycles. The molecule has 1 rings (SSSR count). The minimum atomic E-state index is -0.496. The molecule has 0 aromatic carbocycles. The molecule has 1 aromatic heterocycles. The predicted molar refractivity (Wildman–Crippen MR) is 57.5 cm³/mol. The van der Waals surface area contributed by atoms with Gasteiger partial charge >= 0.3 is 0 Å². The molecule has 1 heterocycles. The van der Waals surface area contributed by atoms with Crippen LogP contribution in [0.3, 0.4) is 0 Å². The molecule has 0 aliphatic carbocycles. The van der Waals surface area contributed by atoms with Gasteiger partial charge in [0.15, 0.2) is 0 Å². The zero-order chi connectivity index (χ0) is 11.8. The minimum absolute atomic E-state index is 0.0899. The first-order valence-corrected chi connectivity index (χ1v) is 4.68. The summed E-state index contributed by atoms with van der Waals surface area (Å²) in [5.74, 6) is 0.103. The van der Waals surface area contributed by atoms with Gasteiger partial charge in [-0.15, -0.1) is 0 Å². The minimum Gasteiger partial charge on any atom is -0.370 e. The molecule has 0 unspecified atom stereocenters. The first-order chi connectivity index (χ1) is 7.72. The molecule has 0 aliphatic rings. The molecule has 0 atom stereocenters. The Kier molecular flexibility index (Phi) is 4.76. The van der Waals surface area contributed by atoms with Crippen molar-refractivity contribution in [2.75, 3.05) is 25.1 Å². The van der Waals surface area contributed by atoms with Crippen molar-refractivity contribution >= 4 is 11.7 Å². The van der Waals surface area contributed by atoms with Gasteiger partial charge in [0.25, 0.3) is 0 Å². The second kappa shape index (κ2) is 6.37. The summed E-state index contributed by atoms with van der Waals surface area (Å²) >= 11 is 0. The fourth-order valence-corrected chi connectivity index (χ4v) is 1.02. The summed E-state index contributed by atoms with van der Waals surface area (Å²) < 4.78 is 4.94. The van der Waals surface area contributed by atoms with E-state index in [2.05, 4.69) is 10.3 Å². The van der Waals surface area contributed by atoms with Gasteiger partial charge in [-0.2, -0.15) is 5.26 Å². The number of carbonyl (C=O) groups excluding carboxylic acids is 1. The summed E-state index contributed by atoms with van der Waals surface area (Å²) in [6.45, 7) is 0.754. The summed E-state index contributed by atoms with van der Waals surface area (Å²) in [5.41, 5.74) is 5.43. The molecular formula is C10H12N4O2. The first kappa shape index (κ1) is 11.9. The highest BCUT2D eigenvalue weighted by molar-refractivity contribution is 5.74. The topological polar surface area (TPSA) is 101 Å². The van der Waals surface area contributed by atoms with E-state index in [0.717, 1.165) is 0 Å². The Morgan fingerprint density at radius 3 is 3.19 bits per heavy atom. The van der Waals surface area contributed by atoms with E-state index in [1.165, 1.54) is 0 Å². The number of nitrogens with zero attached hydrogens (tertiary/aromatic N) is 2. The lowest BCUT2D eigenvalue weighted by Crippen LogP contribution is -2.20. The van der Waals surface area contributed by atoms with Crippen LogP contribution in [0.25, 0.3) is 0 Å².